The number of aryl methyl sites for hydroxylation is 1. The van der Waals surface area contributed by atoms with Crippen molar-refractivity contribution < 1.29 is 9.90 Å². The lowest BCUT2D eigenvalue weighted by Crippen LogP contribution is -2.33. The molecule has 0 radical (unpaired) electrons. The van der Waals surface area contributed by atoms with Gasteiger partial charge >= 0.3 is 0 Å². The van der Waals surface area contributed by atoms with Crippen LogP contribution in [0.2, 0.25) is 5.02 Å². The third-order valence-electron chi connectivity index (χ3n) is 2.53. The fourth-order valence-corrected chi connectivity index (χ4v) is 1.86. The van der Waals surface area contributed by atoms with E-state index in [2.05, 4.69) is 0 Å². The number of carbonyl (C=O) groups excluding carboxylic acids is 1. The Bertz CT molecular complexity index is 379. The maximum absolute atomic E-state index is 11.7. The third-order valence-corrected chi connectivity index (χ3v) is 2.90. The Balaban J connectivity index is 2.46. The summed E-state index contributed by atoms with van der Waals surface area (Å²) in [4.78, 5) is 13.3. The number of nitrogens with zero attached hydrogens (tertiary/aromatic N) is 1. The molecule has 1 atom stereocenters. The van der Waals surface area contributed by atoms with Crippen molar-refractivity contribution in [2.24, 2.45) is 0 Å². The van der Waals surface area contributed by atoms with Gasteiger partial charge in [0.15, 0.2) is 0 Å². The lowest BCUT2D eigenvalue weighted by molar-refractivity contribution is -0.131. The predicted octanol–water partition coefficient (Wildman–Crippen LogP) is 2.11. The summed E-state index contributed by atoms with van der Waals surface area (Å²) in [5.41, 5.74) is 0.980. The van der Waals surface area contributed by atoms with Crippen molar-refractivity contribution in [1.82, 2.24) is 4.90 Å². The molecule has 1 N–H and O–H groups in total. The molecule has 0 heterocycles. The summed E-state index contributed by atoms with van der Waals surface area (Å²) >= 11 is 6.01. The van der Waals surface area contributed by atoms with E-state index in [-0.39, 0.29) is 5.91 Å². The van der Waals surface area contributed by atoms with E-state index in [4.69, 9.17) is 11.6 Å². The molecule has 0 aliphatic heterocycles. The molecule has 94 valence electrons. The summed E-state index contributed by atoms with van der Waals surface area (Å²) in [5, 5.41) is 9.88. The van der Waals surface area contributed by atoms with E-state index in [1.54, 1.807) is 18.9 Å². The number of hydrogen-bond donors (Lipinski definition) is 1. The van der Waals surface area contributed by atoms with Gasteiger partial charge in [-0.05, 0) is 25.0 Å². The molecule has 0 spiro atoms. The van der Waals surface area contributed by atoms with Crippen LogP contribution in [0, 0.1) is 0 Å². The van der Waals surface area contributed by atoms with Gasteiger partial charge < -0.3 is 10.0 Å². The summed E-state index contributed by atoms with van der Waals surface area (Å²) in [5.74, 6) is 0.0193. The molecule has 0 saturated carbocycles. The lowest BCUT2D eigenvalue weighted by atomic mass is 10.1. The van der Waals surface area contributed by atoms with Crippen LogP contribution in [0.1, 0.15) is 18.9 Å². The van der Waals surface area contributed by atoms with Gasteiger partial charge in [0.05, 0.1) is 6.10 Å². The Morgan fingerprint density at radius 1 is 1.47 bits per heavy atom. The van der Waals surface area contributed by atoms with Crippen LogP contribution in [0.25, 0.3) is 0 Å². The van der Waals surface area contributed by atoms with Gasteiger partial charge in [-0.15, -0.1) is 0 Å². The van der Waals surface area contributed by atoms with E-state index in [0.717, 1.165) is 5.56 Å². The number of amides is 1. The first kappa shape index (κ1) is 14.0. The van der Waals surface area contributed by atoms with Crippen LogP contribution in [-0.4, -0.2) is 35.6 Å². The van der Waals surface area contributed by atoms with Crippen LogP contribution < -0.4 is 0 Å². The number of likely N-dealkylation sites (N-methyl/N-ethyl adjacent to an activating group) is 1. The van der Waals surface area contributed by atoms with Crippen molar-refractivity contribution in [3.05, 3.63) is 34.9 Å². The maximum Gasteiger partial charge on any atom is 0.222 e. The van der Waals surface area contributed by atoms with Gasteiger partial charge in [-0.3, -0.25) is 4.79 Å². The first-order chi connectivity index (χ1) is 8.00. The third kappa shape index (κ3) is 4.75. The Morgan fingerprint density at radius 2 is 2.12 bits per heavy atom. The molecular weight excluding hydrogens is 238 g/mol. The standard InChI is InChI=1S/C13H18ClNO2/c1-10(16)9-15(2)13(17)8-7-11-5-3-4-6-12(11)14/h3-6,10,16H,7-9H2,1-2H3. The number of aliphatic hydroxyl groups is 1. The van der Waals surface area contributed by atoms with Crippen molar-refractivity contribution in [3.63, 3.8) is 0 Å². The number of aliphatic hydroxyl groups excluding tert-OH is 1. The van der Waals surface area contributed by atoms with E-state index in [1.807, 2.05) is 24.3 Å². The topological polar surface area (TPSA) is 40.5 Å². The van der Waals surface area contributed by atoms with Crippen molar-refractivity contribution in [2.45, 2.75) is 25.9 Å². The predicted molar refractivity (Wildman–Crippen MR) is 69.1 cm³/mol. The largest absolute Gasteiger partial charge is 0.392 e. The molecule has 1 aromatic carbocycles. The summed E-state index contributed by atoms with van der Waals surface area (Å²) < 4.78 is 0. The Labute approximate surface area is 107 Å². The first-order valence-corrected chi connectivity index (χ1v) is 6.04. The average Bonchev–Trinajstić information content (AvgIpc) is 2.26. The summed E-state index contributed by atoms with van der Waals surface area (Å²) in [6, 6.07) is 7.52. The molecule has 1 rings (SSSR count). The zero-order chi connectivity index (χ0) is 12.8. The quantitative estimate of drug-likeness (QED) is 0.876. The molecule has 0 fully saturated rings. The van der Waals surface area contributed by atoms with Gasteiger partial charge in [0.25, 0.3) is 0 Å². The van der Waals surface area contributed by atoms with Gasteiger partial charge in [-0.25, -0.2) is 0 Å². The van der Waals surface area contributed by atoms with Crippen molar-refractivity contribution in [3.8, 4) is 0 Å². The minimum Gasteiger partial charge on any atom is -0.392 e. The Hall–Kier alpha value is -1.06. The first-order valence-electron chi connectivity index (χ1n) is 5.66. The number of hydrogen-bond acceptors (Lipinski definition) is 2. The SMILES string of the molecule is CC(O)CN(C)C(=O)CCc1ccccc1Cl. The highest BCUT2D eigenvalue weighted by atomic mass is 35.5. The number of carbonyl (C=O) groups is 1. The molecule has 0 aromatic heterocycles. The van der Waals surface area contributed by atoms with Crippen LogP contribution >= 0.6 is 11.6 Å². The fourth-order valence-electron chi connectivity index (χ4n) is 1.63. The molecule has 1 aromatic rings. The summed E-state index contributed by atoms with van der Waals surface area (Å²) in [7, 11) is 1.70. The average molecular weight is 256 g/mol. The van der Waals surface area contributed by atoms with Gasteiger partial charge in [-0.1, -0.05) is 29.8 Å². The van der Waals surface area contributed by atoms with Crippen molar-refractivity contribution >= 4 is 17.5 Å². The smallest absolute Gasteiger partial charge is 0.222 e. The monoisotopic (exact) mass is 255 g/mol. The molecular formula is C13H18ClNO2. The van der Waals surface area contributed by atoms with Crippen molar-refractivity contribution in [2.75, 3.05) is 13.6 Å². The van der Waals surface area contributed by atoms with Crippen LogP contribution in [0.3, 0.4) is 0 Å². The highest BCUT2D eigenvalue weighted by molar-refractivity contribution is 6.31. The van der Waals surface area contributed by atoms with E-state index < -0.39 is 6.10 Å². The molecule has 0 aliphatic rings. The van der Waals surface area contributed by atoms with E-state index in [9.17, 15) is 9.90 Å². The van der Waals surface area contributed by atoms with Gasteiger partial charge in [0, 0.05) is 25.0 Å². The second-order valence-corrected chi connectivity index (χ2v) is 4.62. The van der Waals surface area contributed by atoms with Gasteiger partial charge in [0.1, 0.15) is 0 Å². The fraction of sp³-hybridized carbons (Fsp3) is 0.462. The van der Waals surface area contributed by atoms with Gasteiger partial charge in [0.2, 0.25) is 5.91 Å². The summed E-state index contributed by atoms with van der Waals surface area (Å²) in [6.45, 7) is 2.03. The lowest BCUT2D eigenvalue weighted by Gasteiger charge is -2.18. The van der Waals surface area contributed by atoms with Crippen LogP contribution in [0.5, 0.6) is 0 Å². The zero-order valence-electron chi connectivity index (χ0n) is 10.2. The number of rotatable bonds is 5. The zero-order valence-corrected chi connectivity index (χ0v) is 10.9. The molecule has 0 aliphatic carbocycles. The van der Waals surface area contributed by atoms with E-state index >= 15 is 0 Å². The van der Waals surface area contributed by atoms with Crippen LogP contribution in [-0.2, 0) is 11.2 Å². The molecule has 0 saturated heterocycles. The normalized spacial score (nSPS) is 12.2. The Kier molecular flexibility index (Phi) is 5.45. The number of benzene rings is 1. The van der Waals surface area contributed by atoms with Crippen LogP contribution in [0.4, 0.5) is 0 Å². The highest BCUT2D eigenvalue weighted by Crippen LogP contribution is 2.16. The van der Waals surface area contributed by atoms with E-state index in [1.165, 1.54) is 0 Å². The van der Waals surface area contributed by atoms with E-state index in [0.29, 0.717) is 24.4 Å². The number of halogens is 1. The van der Waals surface area contributed by atoms with Gasteiger partial charge in [-0.2, -0.15) is 0 Å². The van der Waals surface area contributed by atoms with Crippen molar-refractivity contribution in [1.29, 1.82) is 0 Å². The molecule has 1 amide bonds. The second kappa shape index (κ2) is 6.62. The minimum absolute atomic E-state index is 0.0193. The maximum atomic E-state index is 11.7. The molecule has 4 heteroatoms. The molecule has 3 nitrogen and oxygen atoms in total. The van der Waals surface area contributed by atoms with Crippen LogP contribution in [0.15, 0.2) is 24.3 Å². The summed E-state index contributed by atoms with van der Waals surface area (Å²) in [6.07, 6.45) is 0.541. The molecule has 1 unspecified atom stereocenters. The highest BCUT2D eigenvalue weighted by Gasteiger charge is 2.11. The Morgan fingerprint density at radius 3 is 2.71 bits per heavy atom. The second-order valence-electron chi connectivity index (χ2n) is 4.21. The molecule has 0 bridgehead atoms. The molecule has 17 heavy (non-hydrogen) atoms. The minimum atomic E-state index is -0.496.